The molecular formula is C14H26N6O. The molecule has 1 amide bonds. The smallest absolute Gasteiger partial charge is 0.241 e. The number of piperazine rings is 1. The lowest BCUT2D eigenvalue weighted by molar-refractivity contribution is -0.121. The topological polar surface area (TPSA) is 79.4 Å². The number of hydrogen-bond donors (Lipinski definition) is 2. The predicted octanol–water partition coefficient (Wildman–Crippen LogP) is -0.554. The highest BCUT2D eigenvalue weighted by Gasteiger charge is 2.14. The Hall–Kier alpha value is -1.60. The van der Waals surface area contributed by atoms with Crippen molar-refractivity contribution in [2.24, 2.45) is 0 Å². The molecule has 2 heterocycles. The van der Waals surface area contributed by atoms with Gasteiger partial charge >= 0.3 is 0 Å². The van der Waals surface area contributed by atoms with E-state index in [1.54, 1.807) is 4.68 Å². The van der Waals surface area contributed by atoms with Crippen LogP contribution in [0, 0.1) is 13.8 Å². The number of carbonyl (C=O) groups is 1. The molecule has 1 fully saturated rings. The van der Waals surface area contributed by atoms with Gasteiger partial charge in [0.25, 0.3) is 0 Å². The Morgan fingerprint density at radius 1 is 1.29 bits per heavy atom. The summed E-state index contributed by atoms with van der Waals surface area (Å²) in [6.07, 6.45) is 0. The summed E-state index contributed by atoms with van der Waals surface area (Å²) < 4.78 is 1.66. The molecule has 7 heteroatoms. The van der Waals surface area contributed by atoms with Crippen molar-refractivity contribution in [2.75, 3.05) is 52.0 Å². The minimum atomic E-state index is -0.0188. The highest BCUT2D eigenvalue weighted by molar-refractivity contribution is 5.75. The zero-order chi connectivity index (χ0) is 15.4. The van der Waals surface area contributed by atoms with E-state index in [2.05, 4.69) is 27.3 Å². The first-order valence-corrected chi connectivity index (χ1v) is 7.44. The number of aromatic nitrogens is 2. The summed E-state index contributed by atoms with van der Waals surface area (Å²) in [6.45, 7) is 9.87. The molecule has 118 valence electrons. The maximum absolute atomic E-state index is 11.9. The first-order chi connectivity index (χ1) is 9.97. The number of carbonyl (C=O) groups excluding carboxylic acids is 1. The monoisotopic (exact) mass is 294 g/mol. The minimum absolute atomic E-state index is 0.0188. The van der Waals surface area contributed by atoms with Gasteiger partial charge in [-0.1, -0.05) is 0 Å². The van der Waals surface area contributed by atoms with Gasteiger partial charge in [0.05, 0.1) is 17.1 Å². The number of nitrogens with zero attached hydrogens (tertiary/aromatic N) is 4. The van der Waals surface area contributed by atoms with Gasteiger partial charge in [-0.15, -0.1) is 0 Å². The third-order valence-electron chi connectivity index (χ3n) is 4.08. The fourth-order valence-corrected chi connectivity index (χ4v) is 2.48. The molecule has 0 spiro atoms. The van der Waals surface area contributed by atoms with Crippen molar-refractivity contribution in [3.05, 3.63) is 11.4 Å². The first kappa shape index (κ1) is 15.8. The molecular weight excluding hydrogens is 268 g/mol. The van der Waals surface area contributed by atoms with Gasteiger partial charge in [-0.25, -0.2) is 0 Å². The van der Waals surface area contributed by atoms with Crippen LogP contribution in [0.3, 0.4) is 0 Å². The Bertz CT molecular complexity index is 490. The van der Waals surface area contributed by atoms with Crippen LogP contribution in [-0.4, -0.2) is 71.8 Å². The van der Waals surface area contributed by atoms with Gasteiger partial charge in [-0.2, -0.15) is 5.10 Å². The number of hydrogen-bond acceptors (Lipinski definition) is 5. The molecule has 1 aromatic rings. The van der Waals surface area contributed by atoms with Crippen LogP contribution in [0.5, 0.6) is 0 Å². The molecule has 1 saturated heterocycles. The molecule has 0 atom stereocenters. The average Bonchev–Trinajstić information content (AvgIpc) is 2.68. The summed E-state index contributed by atoms with van der Waals surface area (Å²) in [4.78, 5) is 16.6. The van der Waals surface area contributed by atoms with Crippen LogP contribution in [0.15, 0.2) is 0 Å². The first-order valence-electron chi connectivity index (χ1n) is 7.44. The van der Waals surface area contributed by atoms with Crippen LogP contribution in [0.2, 0.25) is 0 Å². The molecule has 0 aliphatic carbocycles. The number of aryl methyl sites for hydroxylation is 1. The van der Waals surface area contributed by atoms with Crippen molar-refractivity contribution in [3.63, 3.8) is 0 Å². The lowest BCUT2D eigenvalue weighted by Crippen LogP contribution is -2.47. The van der Waals surface area contributed by atoms with Crippen LogP contribution < -0.4 is 11.1 Å². The molecule has 0 bridgehead atoms. The zero-order valence-electron chi connectivity index (χ0n) is 13.2. The number of rotatable bonds is 5. The minimum Gasteiger partial charge on any atom is -0.396 e. The van der Waals surface area contributed by atoms with Crippen LogP contribution >= 0.6 is 0 Å². The third-order valence-corrected chi connectivity index (χ3v) is 4.08. The maximum Gasteiger partial charge on any atom is 0.241 e. The molecule has 1 aliphatic rings. The number of anilines is 1. The lowest BCUT2D eigenvalue weighted by Gasteiger charge is -2.32. The number of likely N-dealkylation sites (N-methyl/N-ethyl adjacent to an activating group) is 1. The Kier molecular flexibility index (Phi) is 5.19. The summed E-state index contributed by atoms with van der Waals surface area (Å²) in [5, 5.41) is 7.22. The number of nitrogens with two attached hydrogens (primary N) is 1. The highest BCUT2D eigenvalue weighted by Crippen LogP contribution is 2.14. The maximum atomic E-state index is 11.9. The molecule has 0 unspecified atom stereocenters. The fourth-order valence-electron chi connectivity index (χ4n) is 2.48. The number of nitrogens with one attached hydrogen (secondary N) is 1. The van der Waals surface area contributed by atoms with E-state index in [1.165, 1.54) is 0 Å². The van der Waals surface area contributed by atoms with Crippen molar-refractivity contribution in [3.8, 4) is 0 Å². The molecule has 0 radical (unpaired) electrons. The number of nitrogen functional groups attached to an aromatic ring is 1. The Labute approximate surface area is 126 Å². The molecule has 7 nitrogen and oxygen atoms in total. The summed E-state index contributed by atoms with van der Waals surface area (Å²) in [6, 6.07) is 0. The van der Waals surface area contributed by atoms with Crippen molar-refractivity contribution < 1.29 is 4.79 Å². The summed E-state index contributed by atoms with van der Waals surface area (Å²) in [5.74, 6) is -0.0188. The Balaban J connectivity index is 1.71. The lowest BCUT2D eigenvalue weighted by atomic mass is 10.3. The molecule has 1 aliphatic heterocycles. The Morgan fingerprint density at radius 3 is 2.52 bits per heavy atom. The second-order valence-electron chi connectivity index (χ2n) is 5.74. The summed E-state index contributed by atoms with van der Waals surface area (Å²) in [7, 11) is 2.14. The number of amides is 1. The van der Waals surface area contributed by atoms with Gasteiger partial charge in [0.15, 0.2) is 0 Å². The second kappa shape index (κ2) is 6.91. The van der Waals surface area contributed by atoms with E-state index in [-0.39, 0.29) is 12.5 Å². The third kappa shape index (κ3) is 4.18. The van der Waals surface area contributed by atoms with Gasteiger partial charge in [-0.3, -0.25) is 14.4 Å². The quantitative estimate of drug-likeness (QED) is 0.761. The van der Waals surface area contributed by atoms with E-state index in [0.29, 0.717) is 12.2 Å². The van der Waals surface area contributed by atoms with Crippen LogP contribution in [0.25, 0.3) is 0 Å². The Morgan fingerprint density at radius 2 is 1.95 bits per heavy atom. The molecule has 21 heavy (non-hydrogen) atoms. The van der Waals surface area contributed by atoms with Gasteiger partial charge < -0.3 is 16.0 Å². The van der Waals surface area contributed by atoms with Crippen molar-refractivity contribution >= 4 is 11.6 Å². The van der Waals surface area contributed by atoms with Gasteiger partial charge in [0, 0.05) is 39.3 Å². The second-order valence-corrected chi connectivity index (χ2v) is 5.74. The van der Waals surface area contributed by atoms with Crippen LogP contribution in [-0.2, 0) is 11.3 Å². The average molecular weight is 294 g/mol. The van der Waals surface area contributed by atoms with Crippen molar-refractivity contribution in [1.82, 2.24) is 24.9 Å². The van der Waals surface area contributed by atoms with E-state index in [4.69, 9.17) is 5.73 Å². The standard InChI is InChI=1S/C14H26N6O/c1-11-14(15)12(2)20(17-11)10-13(21)16-4-5-19-8-6-18(3)7-9-19/h4-10,15H2,1-3H3,(H,16,21). The molecule has 0 saturated carbocycles. The molecule has 3 N–H and O–H groups in total. The fraction of sp³-hybridized carbons (Fsp3) is 0.714. The van der Waals surface area contributed by atoms with E-state index in [9.17, 15) is 4.79 Å². The zero-order valence-corrected chi connectivity index (χ0v) is 13.2. The van der Waals surface area contributed by atoms with E-state index < -0.39 is 0 Å². The van der Waals surface area contributed by atoms with E-state index >= 15 is 0 Å². The van der Waals surface area contributed by atoms with Crippen molar-refractivity contribution in [1.29, 1.82) is 0 Å². The highest BCUT2D eigenvalue weighted by atomic mass is 16.2. The van der Waals surface area contributed by atoms with E-state index in [0.717, 1.165) is 44.1 Å². The molecule has 2 rings (SSSR count). The summed E-state index contributed by atoms with van der Waals surface area (Å²) in [5.41, 5.74) is 8.15. The summed E-state index contributed by atoms with van der Waals surface area (Å²) >= 11 is 0. The molecule has 0 aromatic carbocycles. The predicted molar refractivity (Wildman–Crippen MR) is 83.1 cm³/mol. The van der Waals surface area contributed by atoms with Crippen molar-refractivity contribution in [2.45, 2.75) is 20.4 Å². The molecule has 1 aromatic heterocycles. The van der Waals surface area contributed by atoms with Gasteiger partial charge in [0.1, 0.15) is 6.54 Å². The van der Waals surface area contributed by atoms with E-state index in [1.807, 2.05) is 13.8 Å². The largest absolute Gasteiger partial charge is 0.396 e. The SMILES string of the molecule is Cc1nn(CC(=O)NCCN2CCN(C)CC2)c(C)c1N. The van der Waals surface area contributed by atoms with Crippen LogP contribution in [0.1, 0.15) is 11.4 Å². The van der Waals surface area contributed by atoms with Gasteiger partial charge in [0.2, 0.25) is 5.91 Å². The van der Waals surface area contributed by atoms with Gasteiger partial charge in [-0.05, 0) is 20.9 Å². The normalized spacial score (nSPS) is 17.1. The van der Waals surface area contributed by atoms with Crippen LogP contribution in [0.4, 0.5) is 5.69 Å².